The van der Waals surface area contributed by atoms with Crippen molar-refractivity contribution < 1.29 is 33.2 Å². The topological polar surface area (TPSA) is 96.6 Å². The lowest BCUT2D eigenvalue weighted by Crippen LogP contribution is -2.10. The third kappa shape index (κ3) is 2.92. The molecule has 0 amide bonds. The Morgan fingerprint density at radius 1 is 0.786 bits per heavy atom. The molecule has 0 atom stereocenters. The minimum absolute atomic E-state index is 0.0393. The van der Waals surface area contributed by atoms with Crippen molar-refractivity contribution >= 4 is 11.0 Å². The molecular weight excluding hydrogens is 368 g/mol. The first-order chi connectivity index (χ1) is 13.5. The number of phenols is 1. The first kappa shape index (κ1) is 19.2. The van der Waals surface area contributed by atoms with Gasteiger partial charge in [0, 0.05) is 11.6 Å². The summed E-state index contributed by atoms with van der Waals surface area (Å²) >= 11 is 0. The van der Waals surface area contributed by atoms with Crippen LogP contribution >= 0.6 is 0 Å². The molecule has 0 saturated carbocycles. The van der Waals surface area contributed by atoms with Gasteiger partial charge in [0.2, 0.25) is 16.9 Å². The van der Waals surface area contributed by atoms with Gasteiger partial charge in [-0.1, -0.05) is 0 Å². The Morgan fingerprint density at radius 2 is 1.43 bits per heavy atom. The number of fused-ring (bicyclic) bond motifs is 1. The predicted octanol–water partition coefficient (Wildman–Crippen LogP) is 3.21. The Bertz CT molecular complexity index is 1080. The monoisotopic (exact) mass is 388 g/mol. The second-order valence-corrected chi connectivity index (χ2v) is 5.70. The van der Waals surface area contributed by atoms with E-state index in [1.54, 1.807) is 12.1 Å². The molecular formula is C20H20O8. The third-order valence-electron chi connectivity index (χ3n) is 4.29. The van der Waals surface area contributed by atoms with Gasteiger partial charge in [-0.15, -0.1) is 0 Å². The molecule has 0 radical (unpaired) electrons. The van der Waals surface area contributed by atoms with Crippen molar-refractivity contribution in [1.29, 1.82) is 0 Å². The molecule has 2 aromatic carbocycles. The van der Waals surface area contributed by atoms with Crippen molar-refractivity contribution in [2.45, 2.75) is 0 Å². The van der Waals surface area contributed by atoms with Gasteiger partial charge in [-0.2, -0.15) is 0 Å². The second kappa shape index (κ2) is 7.59. The maximum Gasteiger partial charge on any atom is 0.239 e. The molecule has 1 N–H and O–H groups in total. The Labute approximate surface area is 160 Å². The van der Waals surface area contributed by atoms with Crippen LogP contribution in [0, 0.1) is 0 Å². The number of benzene rings is 2. The number of ether oxygens (including phenoxy) is 5. The zero-order valence-electron chi connectivity index (χ0n) is 16.1. The minimum atomic E-state index is -0.452. The van der Waals surface area contributed by atoms with Crippen LogP contribution in [0.3, 0.4) is 0 Å². The van der Waals surface area contributed by atoms with E-state index in [0.29, 0.717) is 17.1 Å². The fourth-order valence-electron chi connectivity index (χ4n) is 3.01. The molecule has 1 heterocycles. The molecule has 0 unspecified atom stereocenters. The quantitative estimate of drug-likeness (QED) is 0.688. The predicted molar refractivity (Wildman–Crippen MR) is 102 cm³/mol. The largest absolute Gasteiger partial charge is 0.504 e. The molecule has 0 aliphatic rings. The van der Waals surface area contributed by atoms with Crippen LogP contribution in [0.1, 0.15) is 0 Å². The van der Waals surface area contributed by atoms with E-state index in [1.165, 1.54) is 47.7 Å². The van der Waals surface area contributed by atoms with Crippen LogP contribution in [-0.2, 0) is 0 Å². The van der Waals surface area contributed by atoms with Gasteiger partial charge in [-0.25, -0.2) is 0 Å². The average molecular weight is 388 g/mol. The van der Waals surface area contributed by atoms with E-state index < -0.39 is 5.43 Å². The van der Waals surface area contributed by atoms with Gasteiger partial charge in [-0.05, 0) is 18.2 Å². The number of aromatic hydroxyl groups is 1. The van der Waals surface area contributed by atoms with E-state index in [0.717, 1.165) is 0 Å². The normalized spacial score (nSPS) is 10.6. The third-order valence-corrected chi connectivity index (χ3v) is 4.29. The molecule has 28 heavy (non-hydrogen) atoms. The molecule has 0 fully saturated rings. The van der Waals surface area contributed by atoms with Crippen molar-refractivity contribution in [1.82, 2.24) is 0 Å². The Morgan fingerprint density at radius 3 is 1.96 bits per heavy atom. The van der Waals surface area contributed by atoms with E-state index in [4.69, 9.17) is 28.1 Å². The highest BCUT2D eigenvalue weighted by atomic mass is 16.5. The Kier molecular flexibility index (Phi) is 5.21. The summed E-state index contributed by atoms with van der Waals surface area (Å²) in [5, 5.41) is 10.2. The van der Waals surface area contributed by atoms with Gasteiger partial charge in [-0.3, -0.25) is 4.79 Å². The Balaban J connectivity index is 2.40. The molecule has 8 heteroatoms. The summed E-state index contributed by atoms with van der Waals surface area (Å²) in [6.45, 7) is 0. The number of rotatable bonds is 6. The van der Waals surface area contributed by atoms with Crippen LogP contribution in [0.4, 0.5) is 0 Å². The number of hydrogen-bond acceptors (Lipinski definition) is 8. The van der Waals surface area contributed by atoms with E-state index in [1.807, 2.05) is 0 Å². The fraction of sp³-hybridized carbons (Fsp3) is 0.250. The van der Waals surface area contributed by atoms with E-state index in [9.17, 15) is 9.90 Å². The molecule has 0 saturated heterocycles. The van der Waals surface area contributed by atoms with Crippen molar-refractivity contribution in [3.63, 3.8) is 0 Å². The van der Waals surface area contributed by atoms with Crippen molar-refractivity contribution in [3.8, 4) is 45.8 Å². The number of hydrogen-bond donors (Lipinski definition) is 1. The van der Waals surface area contributed by atoms with Crippen LogP contribution in [0.25, 0.3) is 22.3 Å². The summed E-state index contributed by atoms with van der Waals surface area (Å²) in [7, 11) is 7.13. The van der Waals surface area contributed by atoms with Crippen molar-refractivity contribution in [2.24, 2.45) is 0 Å². The maximum absolute atomic E-state index is 13.2. The molecule has 0 spiro atoms. The molecule has 148 valence electrons. The van der Waals surface area contributed by atoms with Crippen LogP contribution < -0.4 is 29.1 Å². The SMILES string of the molecule is COc1ccc(-c2oc3cc(OC)c(OC)c(OC)c3c(=O)c2OC)cc1O. The molecule has 8 nitrogen and oxygen atoms in total. The molecule has 1 aromatic heterocycles. The van der Waals surface area contributed by atoms with Crippen LogP contribution in [0.15, 0.2) is 33.5 Å². The molecule has 3 aromatic rings. The van der Waals surface area contributed by atoms with Gasteiger partial charge in [0.05, 0.1) is 35.5 Å². The maximum atomic E-state index is 13.2. The van der Waals surface area contributed by atoms with Gasteiger partial charge >= 0.3 is 0 Å². The fourth-order valence-corrected chi connectivity index (χ4v) is 3.01. The Hall–Kier alpha value is -3.55. The highest BCUT2D eigenvalue weighted by Gasteiger charge is 2.25. The summed E-state index contributed by atoms with van der Waals surface area (Å²) in [4.78, 5) is 13.2. The molecule has 0 aliphatic carbocycles. The van der Waals surface area contributed by atoms with Crippen molar-refractivity contribution in [2.75, 3.05) is 35.5 Å². The van der Waals surface area contributed by atoms with E-state index in [-0.39, 0.29) is 39.7 Å². The first-order valence-corrected chi connectivity index (χ1v) is 8.21. The minimum Gasteiger partial charge on any atom is -0.504 e. The summed E-state index contributed by atoms with van der Waals surface area (Å²) in [5.74, 6) is 1.07. The summed E-state index contributed by atoms with van der Waals surface area (Å²) in [6.07, 6.45) is 0. The van der Waals surface area contributed by atoms with Crippen molar-refractivity contribution in [3.05, 3.63) is 34.5 Å². The lowest BCUT2D eigenvalue weighted by molar-refractivity contribution is 0.325. The second-order valence-electron chi connectivity index (χ2n) is 5.70. The summed E-state index contributed by atoms with van der Waals surface area (Å²) < 4.78 is 32.4. The molecule has 3 rings (SSSR count). The van der Waals surface area contributed by atoms with E-state index >= 15 is 0 Å². The molecule has 0 bridgehead atoms. The highest BCUT2D eigenvalue weighted by Crippen LogP contribution is 2.44. The lowest BCUT2D eigenvalue weighted by atomic mass is 10.1. The van der Waals surface area contributed by atoms with Gasteiger partial charge in [0.1, 0.15) is 11.0 Å². The zero-order valence-corrected chi connectivity index (χ0v) is 16.1. The summed E-state index contributed by atoms with van der Waals surface area (Å²) in [6, 6.07) is 6.15. The summed E-state index contributed by atoms with van der Waals surface area (Å²) in [5.41, 5.74) is 0.195. The van der Waals surface area contributed by atoms with Gasteiger partial charge in [0.25, 0.3) is 0 Å². The molecule has 0 aliphatic heterocycles. The lowest BCUT2D eigenvalue weighted by Gasteiger charge is -2.16. The van der Waals surface area contributed by atoms with Crippen LogP contribution in [0.2, 0.25) is 0 Å². The number of phenolic OH excluding ortho intramolecular Hbond substituents is 1. The smallest absolute Gasteiger partial charge is 0.239 e. The van der Waals surface area contributed by atoms with Crippen LogP contribution in [0.5, 0.6) is 34.5 Å². The van der Waals surface area contributed by atoms with Crippen LogP contribution in [-0.4, -0.2) is 40.7 Å². The standard InChI is InChI=1S/C20H20O8/c1-23-12-7-6-10(8-11(12)21)17-20(27-5)16(22)15-13(28-17)9-14(24-2)18(25-3)19(15)26-4/h6-9,21H,1-5H3. The number of methoxy groups -OCH3 is 5. The highest BCUT2D eigenvalue weighted by molar-refractivity contribution is 5.91. The van der Waals surface area contributed by atoms with E-state index in [2.05, 4.69) is 0 Å². The van der Waals surface area contributed by atoms with Gasteiger partial charge in [0.15, 0.2) is 28.8 Å². The van der Waals surface area contributed by atoms with Gasteiger partial charge < -0.3 is 33.2 Å². The first-order valence-electron chi connectivity index (χ1n) is 8.21. The average Bonchev–Trinajstić information content (AvgIpc) is 2.71. The zero-order chi connectivity index (χ0) is 20.4.